The summed E-state index contributed by atoms with van der Waals surface area (Å²) >= 11 is 5.63. The summed E-state index contributed by atoms with van der Waals surface area (Å²) in [7, 11) is 3.92. The van der Waals surface area contributed by atoms with Gasteiger partial charge in [-0.05, 0) is 6.42 Å². The molecule has 0 amide bonds. The van der Waals surface area contributed by atoms with Crippen LogP contribution in [0.25, 0.3) is 0 Å². The number of rotatable bonds is 24. The highest BCUT2D eigenvalue weighted by Crippen LogP contribution is 2.15. The number of alkyl halides is 1. The number of aliphatic carboxylic acids is 1. The van der Waals surface area contributed by atoms with Crippen LogP contribution in [0.2, 0.25) is 0 Å². The first kappa shape index (κ1) is 37.8. The molecule has 0 aliphatic carbocycles. The van der Waals surface area contributed by atoms with Crippen molar-refractivity contribution in [2.75, 3.05) is 14.1 Å². The summed E-state index contributed by atoms with van der Waals surface area (Å²) in [5, 5.41) is 19.2. The largest absolute Gasteiger partial charge is 0.549 e. The van der Waals surface area contributed by atoms with Crippen LogP contribution in [-0.2, 0) is 4.79 Å². The molecule has 0 saturated heterocycles. The van der Waals surface area contributed by atoms with E-state index in [1.54, 1.807) is 0 Å². The molecule has 3 atom stereocenters. The summed E-state index contributed by atoms with van der Waals surface area (Å²) < 4.78 is 0.493. The van der Waals surface area contributed by atoms with E-state index < -0.39 is 11.3 Å². The topological polar surface area (TPSA) is 86.4 Å². The lowest BCUT2D eigenvalue weighted by Crippen LogP contribution is -2.59. The third kappa shape index (κ3) is 22.8. The molecule has 0 spiro atoms. The molecule has 0 aliphatic heterocycles. The van der Waals surface area contributed by atoms with E-state index in [0.29, 0.717) is 10.9 Å². The average Bonchev–Trinajstić information content (AvgIpc) is 2.86. The zero-order valence-electron chi connectivity index (χ0n) is 24.7. The summed E-state index contributed by atoms with van der Waals surface area (Å²) in [4.78, 5) is 10.5. The monoisotopic (exact) mass is 534 g/mol. The van der Waals surface area contributed by atoms with Gasteiger partial charge in [0, 0.05) is 12.8 Å². The number of aliphatic hydroxyl groups excluding tert-OH is 1. The minimum Gasteiger partial charge on any atom is -0.549 e. The maximum absolute atomic E-state index is 10.5. The number of carboxylic acid groups (broad SMARTS) is 1. The Bertz CT molecular complexity index is 465. The quantitative estimate of drug-likeness (QED) is 0.0590. The van der Waals surface area contributed by atoms with Crippen molar-refractivity contribution in [1.82, 2.24) is 0 Å². The molecule has 218 valence electrons. The number of carboxylic acids is 1. The standard InChI is InChI=1S/C22H43ClO2.C8H21N2O/c1-2-3-4-5-6-7-8-9-10-11-12-13-14-15-16-17-18-19-20-21(23)22(24)25;1-5-7(9)10(3,4)8(11)6-2/h21H,2-20H2,1H3,(H,24,25);7-8,11H,5-6,9H2,1-4H3/q;+1/p-1. The number of carbonyl (C=O) groups excluding carboxylic acids is 1. The highest BCUT2D eigenvalue weighted by atomic mass is 35.5. The Morgan fingerprint density at radius 1 is 0.722 bits per heavy atom. The smallest absolute Gasteiger partial charge is 0.191 e. The van der Waals surface area contributed by atoms with Crippen LogP contribution < -0.4 is 10.8 Å². The summed E-state index contributed by atoms with van der Waals surface area (Å²) in [5.41, 5.74) is 5.84. The van der Waals surface area contributed by atoms with Crippen LogP contribution in [0.3, 0.4) is 0 Å². The van der Waals surface area contributed by atoms with Gasteiger partial charge in [0.25, 0.3) is 0 Å². The molecule has 3 N–H and O–H groups in total. The lowest BCUT2D eigenvalue weighted by Gasteiger charge is -2.38. The number of halogens is 1. The van der Waals surface area contributed by atoms with Gasteiger partial charge in [0.15, 0.2) is 6.23 Å². The van der Waals surface area contributed by atoms with Gasteiger partial charge in [-0.3, -0.25) is 10.2 Å². The molecule has 5 nitrogen and oxygen atoms in total. The number of nitrogens with zero attached hydrogens (tertiary/aromatic N) is 1. The zero-order valence-corrected chi connectivity index (χ0v) is 25.5. The second-order valence-electron chi connectivity index (χ2n) is 11.1. The molecule has 0 fully saturated rings. The molecule has 6 heteroatoms. The van der Waals surface area contributed by atoms with Crippen LogP contribution in [0, 0.1) is 0 Å². The van der Waals surface area contributed by atoms with Crippen molar-refractivity contribution in [2.45, 2.75) is 173 Å². The first-order valence-corrected chi connectivity index (χ1v) is 15.7. The molecule has 0 heterocycles. The molecular weight excluding hydrogens is 472 g/mol. The Labute approximate surface area is 230 Å². The van der Waals surface area contributed by atoms with E-state index >= 15 is 0 Å². The normalized spacial score (nSPS) is 14.1. The number of unbranched alkanes of at least 4 members (excludes halogenated alkanes) is 17. The van der Waals surface area contributed by atoms with E-state index in [0.717, 1.165) is 25.7 Å². The summed E-state index contributed by atoms with van der Waals surface area (Å²) in [6.07, 6.45) is 26.0. The predicted molar refractivity (Wildman–Crippen MR) is 155 cm³/mol. The van der Waals surface area contributed by atoms with Crippen molar-refractivity contribution in [3.8, 4) is 0 Å². The van der Waals surface area contributed by atoms with Crippen LogP contribution in [0.15, 0.2) is 0 Å². The van der Waals surface area contributed by atoms with E-state index in [1.807, 2.05) is 27.9 Å². The first-order chi connectivity index (χ1) is 17.1. The summed E-state index contributed by atoms with van der Waals surface area (Å²) in [6, 6.07) is 0. The number of hydrogen-bond donors (Lipinski definition) is 2. The Balaban J connectivity index is 0. The van der Waals surface area contributed by atoms with Crippen LogP contribution in [0.5, 0.6) is 0 Å². The molecule has 0 rings (SSSR count). The molecule has 0 radical (unpaired) electrons. The van der Waals surface area contributed by atoms with Gasteiger partial charge in [0.1, 0.15) is 6.17 Å². The second kappa shape index (κ2) is 26.3. The zero-order chi connectivity index (χ0) is 27.7. The lowest BCUT2D eigenvalue weighted by atomic mass is 10.0. The molecule has 0 aromatic carbocycles. The number of hydrogen-bond acceptors (Lipinski definition) is 4. The molecule has 0 saturated carbocycles. The van der Waals surface area contributed by atoms with Gasteiger partial charge in [-0.25, -0.2) is 0 Å². The van der Waals surface area contributed by atoms with Gasteiger partial charge in [0.05, 0.1) is 25.4 Å². The minimum absolute atomic E-state index is 0.0324. The van der Waals surface area contributed by atoms with Gasteiger partial charge in [-0.2, -0.15) is 0 Å². The molecule has 3 unspecified atom stereocenters. The van der Waals surface area contributed by atoms with E-state index in [2.05, 4.69) is 6.92 Å². The van der Waals surface area contributed by atoms with Crippen molar-refractivity contribution < 1.29 is 19.5 Å². The van der Waals surface area contributed by atoms with Gasteiger partial charge in [-0.15, -0.1) is 11.6 Å². The SMILES string of the molecule is CCC(N)[N+](C)(C)C(O)CC.CCCCCCCCCCCCCCCCCCCCC(Cl)C(=O)[O-]. The van der Waals surface area contributed by atoms with E-state index in [1.165, 1.54) is 103 Å². The average molecular weight is 535 g/mol. The van der Waals surface area contributed by atoms with Gasteiger partial charge < -0.3 is 15.0 Å². The lowest BCUT2D eigenvalue weighted by molar-refractivity contribution is -0.959. The van der Waals surface area contributed by atoms with E-state index in [-0.39, 0.29) is 12.4 Å². The van der Waals surface area contributed by atoms with Crippen molar-refractivity contribution in [2.24, 2.45) is 5.73 Å². The van der Waals surface area contributed by atoms with Crippen molar-refractivity contribution in [1.29, 1.82) is 0 Å². The molecule has 0 aromatic rings. The fourth-order valence-electron chi connectivity index (χ4n) is 4.51. The number of aliphatic hydroxyl groups is 1. The fraction of sp³-hybridized carbons (Fsp3) is 0.967. The Morgan fingerprint density at radius 2 is 1.06 bits per heavy atom. The first-order valence-electron chi connectivity index (χ1n) is 15.3. The van der Waals surface area contributed by atoms with Crippen molar-refractivity contribution in [3.63, 3.8) is 0 Å². The van der Waals surface area contributed by atoms with Gasteiger partial charge >= 0.3 is 0 Å². The highest BCUT2D eigenvalue weighted by Gasteiger charge is 2.29. The molecule has 36 heavy (non-hydrogen) atoms. The minimum atomic E-state index is -1.13. The van der Waals surface area contributed by atoms with Crippen LogP contribution >= 0.6 is 11.6 Å². The maximum atomic E-state index is 10.5. The molecular formula is C30H63ClN2O3. The second-order valence-corrected chi connectivity index (χ2v) is 11.6. The Morgan fingerprint density at radius 3 is 1.33 bits per heavy atom. The molecule has 0 aliphatic rings. The van der Waals surface area contributed by atoms with Crippen LogP contribution in [0.1, 0.15) is 156 Å². The van der Waals surface area contributed by atoms with Crippen LogP contribution in [0.4, 0.5) is 0 Å². The maximum Gasteiger partial charge on any atom is 0.191 e. The highest BCUT2D eigenvalue weighted by molar-refractivity contribution is 6.29. The number of nitrogens with two attached hydrogens (primary N) is 1. The number of quaternary nitrogens is 1. The van der Waals surface area contributed by atoms with E-state index in [9.17, 15) is 15.0 Å². The Hall–Kier alpha value is -0.360. The predicted octanol–water partition coefficient (Wildman–Crippen LogP) is 7.26. The van der Waals surface area contributed by atoms with Crippen LogP contribution in [-0.4, -0.2) is 47.4 Å². The molecule has 0 aromatic heterocycles. The van der Waals surface area contributed by atoms with Crippen molar-refractivity contribution >= 4 is 17.6 Å². The summed E-state index contributed by atoms with van der Waals surface area (Å²) in [5.74, 6) is -1.13. The Kier molecular flexibility index (Phi) is 27.6. The molecule has 0 bridgehead atoms. The van der Waals surface area contributed by atoms with Gasteiger partial charge in [0.2, 0.25) is 0 Å². The summed E-state index contributed by atoms with van der Waals surface area (Å²) in [6.45, 7) is 6.28. The third-order valence-electron chi connectivity index (χ3n) is 7.47. The third-order valence-corrected chi connectivity index (χ3v) is 7.87. The van der Waals surface area contributed by atoms with Crippen molar-refractivity contribution in [3.05, 3.63) is 0 Å². The number of carbonyl (C=O) groups is 1. The van der Waals surface area contributed by atoms with E-state index in [4.69, 9.17) is 17.3 Å². The fourth-order valence-corrected chi connectivity index (χ4v) is 4.66. The van der Waals surface area contributed by atoms with Gasteiger partial charge in [-0.1, -0.05) is 136 Å².